The van der Waals surface area contributed by atoms with Crippen LogP contribution in [0.4, 0.5) is 17.2 Å². The van der Waals surface area contributed by atoms with Crippen LogP contribution in [0.3, 0.4) is 0 Å². The molecule has 1 amide bonds. The summed E-state index contributed by atoms with van der Waals surface area (Å²) in [7, 11) is 0. The molecule has 0 fully saturated rings. The highest BCUT2D eigenvalue weighted by atomic mass is 16.2. The van der Waals surface area contributed by atoms with Crippen molar-refractivity contribution in [2.45, 2.75) is 20.8 Å². The molecule has 2 N–H and O–H groups in total. The van der Waals surface area contributed by atoms with Gasteiger partial charge < -0.3 is 10.6 Å². The van der Waals surface area contributed by atoms with Crippen LogP contribution in [0, 0.1) is 13.8 Å². The molecular formula is C21H20N4O2. The van der Waals surface area contributed by atoms with Crippen LogP contribution in [0.2, 0.25) is 0 Å². The van der Waals surface area contributed by atoms with Gasteiger partial charge in [0.05, 0.1) is 0 Å². The van der Waals surface area contributed by atoms with Crippen molar-refractivity contribution in [1.29, 1.82) is 0 Å². The number of benzene rings is 2. The van der Waals surface area contributed by atoms with Crippen LogP contribution >= 0.6 is 0 Å². The molecule has 0 unspecified atom stereocenters. The Morgan fingerprint density at radius 2 is 1.63 bits per heavy atom. The maximum atomic E-state index is 12.3. The zero-order chi connectivity index (χ0) is 19.4. The van der Waals surface area contributed by atoms with Crippen molar-refractivity contribution < 1.29 is 9.59 Å². The van der Waals surface area contributed by atoms with Gasteiger partial charge in [0.15, 0.2) is 17.3 Å². The second-order valence-corrected chi connectivity index (χ2v) is 6.33. The Hall–Kier alpha value is -3.54. The van der Waals surface area contributed by atoms with E-state index in [9.17, 15) is 9.59 Å². The molecule has 6 heteroatoms. The van der Waals surface area contributed by atoms with Gasteiger partial charge in [-0.2, -0.15) is 0 Å². The smallest absolute Gasteiger partial charge is 0.276 e. The van der Waals surface area contributed by atoms with E-state index in [4.69, 9.17) is 0 Å². The quantitative estimate of drug-likeness (QED) is 0.663. The van der Waals surface area contributed by atoms with E-state index < -0.39 is 0 Å². The predicted molar refractivity (Wildman–Crippen MR) is 106 cm³/mol. The average molecular weight is 360 g/mol. The number of aromatic nitrogens is 2. The third kappa shape index (κ3) is 4.55. The molecule has 0 bridgehead atoms. The molecule has 0 atom stereocenters. The number of ketones is 1. The van der Waals surface area contributed by atoms with Crippen LogP contribution in [0.25, 0.3) is 0 Å². The summed E-state index contributed by atoms with van der Waals surface area (Å²) >= 11 is 0. The van der Waals surface area contributed by atoms with E-state index >= 15 is 0 Å². The van der Waals surface area contributed by atoms with Crippen LogP contribution in [0.15, 0.2) is 54.6 Å². The van der Waals surface area contributed by atoms with Crippen molar-refractivity contribution in [3.8, 4) is 0 Å². The van der Waals surface area contributed by atoms with Crippen molar-refractivity contribution in [2.24, 2.45) is 0 Å². The fourth-order valence-electron chi connectivity index (χ4n) is 2.60. The predicted octanol–water partition coefficient (Wildman–Crippen LogP) is 4.29. The minimum absolute atomic E-state index is 0.0226. The Kier molecular flexibility index (Phi) is 5.26. The molecule has 0 saturated heterocycles. The van der Waals surface area contributed by atoms with Gasteiger partial charge >= 0.3 is 0 Å². The molecular weight excluding hydrogens is 340 g/mol. The van der Waals surface area contributed by atoms with E-state index in [1.54, 1.807) is 36.4 Å². The second-order valence-electron chi connectivity index (χ2n) is 6.33. The van der Waals surface area contributed by atoms with Gasteiger partial charge in [0.2, 0.25) is 0 Å². The normalized spacial score (nSPS) is 10.3. The van der Waals surface area contributed by atoms with Gasteiger partial charge in [0.25, 0.3) is 5.91 Å². The topological polar surface area (TPSA) is 84.0 Å². The lowest BCUT2D eigenvalue weighted by atomic mass is 10.1. The number of carbonyl (C=O) groups is 2. The number of anilines is 3. The SMILES string of the molecule is CC(=O)c1ccc(NC(=O)c2ccc(Nc3ccc(C)cc3C)nn2)cc1. The van der Waals surface area contributed by atoms with E-state index in [0.29, 0.717) is 17.1 Å². The minimum atomic E-state index is -0.365. The van der Waals surface area contributed by atoms with Crippen molar-refractivity contribution in [2.75, 3.05) is 10.6 Å². The zero-order valence-corrected chi connectivity index (χ0v) is 15.4. The number of nitrogens with zero attached hydrogens (tertiary/aromatic N) is 2. The molecule has 0 spiro atoms. The highest BCUT2D eigenvalue weighted by Gasteiger charge is 2.10. The number of hydrogen-bond acceptors (Lipinski definition) is 5. The minimum Gasteiger partial charge on any atom is -0.339 e. The molecule has 1 aromatic heterocycles. The summed E-state index contributed by atoms with van der Waals surface area (Å²) in [4.78, 5) is 23.6. The number of Topliss-reactive ketones (excluding diaryl/α,β-unsaturated/α-hetero) is 1. The van der Waals surface area contributed by atoms with Gasteiger partial charge in [-0.1, -0.05) is 17.7 Å². The third-order valence-corrected chi connectivity index (χ3v) is 4.09. The monoisotopic (exact) mass is 360 g/mol. The van der Waals surface area contributed by atoms with Gasteiger partial charge in [-0.15, -0.1) is 10.2 Å². The Balaban J connectivity index is 1.67. The van der Waals surface area contributed by atoms with E-state index in [1.807, 2.05) is 26.0 Å². The maximum Gasteiger partial charge on any atom is 0.276 e. The Bertz CT molecular complexity index is 980. The highest BCUT2D eigenvalue weighted by Crippen LogP contribution is 2.20. The van der Waals surface area contributed by atoms with Gasteiger partial charge in [-0.3, -0.25) is 9.59 Å². The Morgan fingerprint density at radius 1 is 0.889 bits per heavy atom. The van der Waals surface area contributed by atoms with Crippen molar-refractivity contribution >= 4 is 28.9 Å². The molecule has 0 saturated carbocycles. The molecule has 0 aliphatic rings. The molecule has 0 radical (unpaired) electrons. The van der Waals surface area contributed by atoms with Crippen LogP contribution in [-0.2, 0) is 0 Å². The molecule has 0 aliphatic carbocycles. The molecule has 1 heterocycles. The molecule has 136 valence electrons. The van der Waals surface area contributed by atoms with Crippen LogP contribution in [-0.4, -0.2) is 21.9 Å². The van der Waals surface area contributed by atoms with Crippen LogP contribution in [0.5, 0.6) is 0 Å². The molecule has 3 aromatic rings. The molecule has 0 aliphatic heterocycles. The summed E-state index contributed by atoms with van der Waals surface area (Å²) in [6.45, 7) is 5.55. The molecule has 3 rings (SSSR count). The first kappa shape index (κ1) is 18.3. The van der Waals surface area contributed by atoms with Crippen molar-refractivity contribution in [3.05, 3.63) is 77.0 Å². The van der Waals surface area contributed by atoms with E-state index in [-0.39, 0.29) is 17.4 Å². The first-order valence-corrected chi connectivity index (χ1v) is 8.53. The average Bonchev–Trinajstić information content (AvgIpc) is 2.65. The summed E-state index contributed by atoms with van der Waals surface area (Å²) < 4.78 is 0. The van der Waals surface area contributed by atoms with E-state index in [2.05, 4.69) is 26.9 Å². The lowest BCUT2D eigenvalue weighted by Crippen LogP contribution is -2.14. The largest absolute Gasteiger partial charge is 0.339 e. The number of amides is 1. The lowest BCUT2D eigenvalue weighted by Gasteiger charge is -2.09. The fraction of sp³-hybridized carbons (Fsp3) is 0.143. The maximum absolute atomic E-state index is 12.3. The summed E-state index contributed by atoms with van der Waals surface area (Å²) in [6.07, 6.45) is 0. The third-order valence-electron chi connectivity index (χ3n) is 4.09. The molecule has 6 nitrogen and oxygen atoms in total. The number of hydrogen-bond donors (Lipinski definition) is 2. The number of aryl methyl sites for hydroxylation is 2. The summed E-state index contributed by atoms with van der Waals surface area (Å²) in [5.74, 6) is 0.172. The summed E-state index contributed by atoms with van der Waals surface area (Å²) in [5.41, 5.74) is 4.62. The van der Waals surface area contributed by atoms with Crippen LogP contribution in [0.1, 0.15) is 38.9 Å². The standard InChI is InChI=1S/C21H20N4O2/c1-13-4-9-18(14(2)12-13)23-20-11-10-19(24-25-20)21(27)22-17-7-5-16(6-8-17)15(3)26/h4-12H,1-3H3,(H,22,27)(H,23,25). The van der Waals surface area contributed by atoms with E-state index in [0.717, 1.165) is 11.3 Å². The zero-order valence-electron chi connectivity index (χ0n) is 15.4. The van der Waals surface area contributed by atoms with Crippen molar-refractivity contribution in [1.82, 2.24) is 10.2 Å². The fourth-order valence-corrected chi connectivity index (χ4v) is 2.60. The van der Waals surface area contributed by atoms with Crippen LogP contribution < -0.4 is 10.6 Å². The van der Waals surface area contributed by atoms with Gasteiger partial charge in [-0.25, -0.2) is 0 Å². The first-order chi connectivity index (χ1) is 12.9. The number of carbonyl (C=O) groups excluding carboxylic acids is 2. The van der Waals surface area contributed by atoms with Gasteiger partial charge in [-0.05, 0) is 68.8 Å². The highest BCUT2D eigenvalue weighted by molar-refractivity contribution is 6.03. The lowest BCUT2D eigenvalue weighted by molar-refractivity contribution is 0.101. The summed E-state index contributed by atoms with van der Waals surface area (Å²) in [5, 5.41) is 14.0. The van der Waals surface area contributed by atoms with Gasteiger partial charge in [0.1, 0.15) is 0 Å². The summed E-state index contributed by atoms with van der Waals surface area (Å²) in [6, 6.07) is 16.1. The van der Waals surface area contributed by atoms with Crippen molar-refractivity contribution in [3.63, 3.8) is 0 Å². The van der Waals surface area contributed by atoms with E-state index in [1.165, 1.54) is 12.5 Å². The first-order valence-electron chi connectivity index (χ1n) is 8.53. The molecule has 2 aromatic carbocycles. The second kappa shape index (κ2) is 7.78. The van der Waals surface area contributed by atoms with Gasteiger partial charge in [0, 0.05) is 16.9 Å². The Morgan fingerprint density at radius 3 is 2.22 bits per heavy atom. The Labute approximate surface area is 157 Å². The molecule has 27 heavy (non-hydrogen) atoms. The number of nitrogens with one attached hydrogen (secondary N) is 2. The number of rotatable bonds is 5.